The number of nitrogens with zero attached hydrogens (tertiary/aromatic N) is 5. The molecule has 7 heteroatoms. The number of carbonyl (C=O) groups excluding carboxylic acids is 1. The van der Waals surface area contributed by atoms with Crippen molar-refractivity contribution in [1.29, 1.82) is 0 Å². The van der Waals surface area contributed by atoms with Crippen molar-refractivity contribution in [2.45, 2.75) is 63.6 Å². The zero-order valence-electron chi connectivity index (χ0n) is 14.9. The van der Waals surface area contributed by atoms with Crippen LogP contribution in [0, 0.1) is 0 Å². The molecule has 1 aliphatic carbocycles. The smallest absolute Gasteiger partial charge is 0.317 e. The SMILES string of the molecule is CN(Cc1ncnn1C)C(=O)N[C@@H]1CCCN(C2CCCCC2)C1. The van der Waals surface area contributed by atoms with E-state index in [4.69, 9.17) is 0 Å². The molecule has 1 atom stereocenters. The van der Waals surface area contributed by atoms with E-state index < -0.39 is 0 Å². The van der Waals surface area contributed by atoms with Crippen molar-refractivity contribution in [2.24, 2.45) is 7.05 Å². The first-order valence-corrected chi connectivity index (χ1v) is 9.22. The molecule has 0 radical (unpaired) electrons. The molecule has 0 aromatic carbocycles. The van der Waals surface area contributed by atoms with Crippen LogP contribution in [-0.4, -0.2) is 62.8 Å². The molecule has 2 heterocycles. The Hall–Kier alpha value is -1.63. The molecule has 1 N–H and O–H groups in total. The van der Waals surface area contributed by atoms with E-state index >= 15 is 0 Å². The molecule has 1 aromatic heterocycles. The number of rotatable bonds is 4. The van der Waals surface area contributed by atoms with Gasteiger partial charge in [0.05, 0.1) is 6.54 Å². The molecule has 134 valence electrons. The Balaban J connectivity index is 1.49. The Bertz CT molecular complexity index is 539. The van der Waals surface area contributed by atoms with Crippen molar-refractivity contribution >= 4 is 6.03 Å². The second kappa shape index (κ2) is 7.96. The molecule has 1 aliphatic heterocycles. The maximum Gasteiger partial charge on any atom is 0.317 e. The van der Waals surface area contributed by atoms with Crippen molar-refractivity contribution in [3.63, 3.8) is 0 Å². The van der Waals surface area contributed by atoms with Gasteiger partial charge in [-0.15, -0.1) is 0 Å². The van der Waals surface area contributed by atoms with Crippen LogP contribution in [0.4, 0.5) is 4.79 Å². The van der Waals surface area contributed by atoms with Gasteiger partial charge >= 0.3 is 6.03 Å². The summed E-state index contributed by atoms with van der Waals surface area (Å²) in [5, 5.41) is 7.25. The number of aryl methyl sites for hydroxylation is 1. The van der Waals surface area contributed by atoms with Crippen LogP contribution in [-0.2, 0) is 13.6 Å². The Morgan fingerprint density at radius 2 is 2.08 bits per heavy atom. The number of urea groups is 1. The summed E-state index contributed by atoms with van der Waals surface area (Å²) >= 11 is 0. The Morgan fingerprint density at radius 3 is 2.79 bits per heavy atom. The van der Waals surface area contributed by atoms with Crippen molar-refractivity contribution in [2.75, 3.05) is 20.1 Å². The fourth-order valence-electron chi connectivity index (χ4n) is 3.93. The largest absolute Gasteiger partial charge is 0.334 e. The third kappa shape index (κ3) is 4.26. The zero-order chi connectivity index (χ0) is 16.9. The van der Waals surface area contributed by atoms with Crippen molar-refractivity contribution in [3.8, 4) is 0 Å². The van der Waals surface area contributed by atoms with E-state index in [9.17, 15) is 4.79 Å². The van der Waals surface area contributed by atoms with Gasteiger partial charge < -0.3 is 10.2 Å². The third-order valence-electron chi connectivity index (χ3n) is 5.40. The number of hydrogen-bond acceptors (Lipinski definition) is 4. The van der Waals surface area contributed by atoms with Gasteiger partial charge in [-0.25, -0.2) is 9.78 Å². The molecular weight excluding hydrogens is 304 g/mol. The lowest BCUT2D eigenvalue weighted by atomic mass is 9.92. The lowest BCUT2D eigenvalue weighted by Crippen LogP contribution is -2.53. The van der Waals surface area contributed by atoms with Gasteiger partial charge in [-0.05, 0) is 32.2 Å². The van der Waals surface area contributed by atoms with Gasteiger partial charge in [0, 0.05) is 32.7 Å². The van der Waals surface area contributed by atoms with Gasteiger partial charge in [0.25, 0.3) is 0 Å². The van der Waals surface area contributed by atoms with Crippen LogP contribution in [0.15, 0.2) is 6.33 Å². The first kappa shape index (κ1) is 17.2. The first-order chi connectivity index (χ1) is 11.6. The third-order valence-corrected chi connectivity index (χ3v) is 5.40. The van der Waals surface area contributed by atoms with Gasteiger partial charge in [-0.2, -0.15) is 5.10 Å². The Kier molecular flexibility index (Phi) is 5.71. The van der Waals surface area contributed by atoms with E-state index in [0.717, 1.165) is 24.8 Å². The second-order valence-electron chi connectivity index (χ2n) is 7.23. The average molecular weight is 334 g/mol. The topological polar surface area (TPSA) is 66.3 Å². The van der Waals surface area contributed by atoms with Crippen LogP contribution in [0.25, 0.3) is 0 Å². The van der Waals surface area contributed by atoms with Crippen LogP contribution in [0.5, 0.6) is 0 Å². The van der Waals surface area contributed by atoms with Crippen LogP contribution >= 0.6 is 0 Å². The van der Waals surface area contributed by atoms with Crippen molar-refractivity contribution in [1.82, 2.24) is 29.9 Å². The minimum absolute atomic E-state index is 0.0199. The first-order valence-electron chi connectivity index (χ1n) is 9.22. The molecule has 0 bridgehead atoms. The van der Waals surface area contributed by atoms with Crippen LogP contribution < -0.4 is 5.32 Å². The maximum absolute atomic E-state index is 12.5. The van der Waals surface area contributed by atoms with Gasteiger partial charge in [0.1, 0.15) is 12.2 Å². The maximum atomic E-state index is 12.5. The summed E-state index contributed by atoms with van der Waals surface area (Å²) in [6.45, 7) is 2.65. The summed E-state index contributed by atoms with van der Waals surface area (Å²) < 4.78 is 1.70. The zero-order valence-corrected chi connectivity index (χ0v) is 14.9. The molecule has 1 saturated heterocycles. The summed E-state index contributed by atoms with van der Waals surface area (Å²) in [5.74, 6) is 0.792. The lowest BCUT2D eigenvalue weighted by molar-refractivity contribution is 0.109. The summed E-state index contributed by atoms with van der Waals surface area (Å²) in [6.07, 6.45) is 10.5. The van der Waals surface area contributed by atoms with Gasteiger partial charge in [0.2, 0.25) is 0 Å². The second-order valence-corrected chi connectivity index (χ2v) is 7.23. The number of piperidine rings is 1. The quantitative estimate of drug-likeness (QED) is 0.911. The molecule has 2 fully saturated rings. The number of likely N-dealkylation sites (tertiary alicyclic amines) is 1. The number of aromatic nitrogens is 3. The Morgan fingerprint density at radius 1 is 1.29 bits per heavy atom. The molecule has 7 nitrogen and oxygen atoms in total. The molecule has 2 amide bonds. The van der Waals surface area contributed by atoms with E-state index in [1.807, 2.05) is 14.1 Å². The minimum atomic E-state index is -0.0199. The molecule has 24 heavy (non-hydrogen) atoms. The normalized spacial score (nSPS) is 23.2. The van der Waals surface area contributed by atoms with Gasteiger partial charge in [-0.1, -0.05) is 19.3 Å². The molecule has 3 rings (SSSR count). The summed E-state index contributed by atoms with van der Waals surface area (Å²) in [4.78, 5) is 20.9. The highest BCUT2D eigenvalue weighted by Crippen LogP contribution is 2.25. The van der Waals surface area contributed by atoms with Gasteiger partial charge in [0.15, 0.2) is 0 Å². The van der Waals surface area contributed by atoms with E-state index in [-0.39, 0.29) is 12.1 Å². The number of carbonyl (C=O) groups is 1. The molecule has 0 unspecified atom stereocenters. The van der Waals surface area contributed by atoms with Crippen LogP contribution in [0.1, 0.15) is 50.8 Å². The van der Waals surface area contributed by atoms with Crippen LogP contribution in [0.2, 0.25) is 0 Å². The minimum Gasteiger partial charge on any atom is -0.334 e. The summed E-state index contributed by atoms with van der Waals surface area (Å²) in [7, 11) is 3.66. The number of amides is 2. The van der Waals surface area contributed by atoms with Crippen molar-refractivity contribution in [3.05, 3.63) is 12.2 Å². The van der Waals surface area contributed by atoms with E-state index in [0.29, 0.717) is 6.54 Å². The predicted molar refractivity (Wildman–Crippen MR) is 92.5 cm³/mol. The number of hydrogen-bond donors (Lipinski definition) is 1. The summed E-state index contributed by atoms with van der Waals surface area (Å²) in [6, 6.07) is 0.971. The van der Waals surface area contributed by atoms with E-state index in [1.54, 1.807) is 9.58 Å². The van der Waals surface area contributed by atoms with Crippen molar-refractivity contribution < 1.29 is 4.79 Å². The predicted octanol–water partition coefficient (Wildman–Crippen LogP) is 1.75. The highest BCUT2D eigenvalue weighted by molar-refractivity contribution is 5.74. The molecular formula is C17H30N6O. The van der Waals surface area contributed by atoms with E-state index in [2.05, 4.69) is 20.3 Å². The lowest BCUT2D eigenvalue weighted by Gasteiger charge is -2.40. The highest BCUT2D eigenvalue weighted by Gasteiger charge is 2.28. The highest BCUT2D eigenvalue weighted by atomic mass is 16.2. The fourth-order valence-corrected chi connectivity index (χ4v) is 3.93. The van der Waals surface area contributed by atoms with Gasteiger partial charge in [-0.3, -0.25) is 9.58 Å². The molecule has 1 saturated carbocycles. The summed E-state index contributed by atoms with van der Waals surface area (Å²) in [5.41, 5.74) is 0. The van der Waals surface area contributed by atoms with E-state index in [1.165, 1.54) is 51.4 Å². The molecule has 2 aliphatic rings. The standard InChI is InChI=1S/C17H30N6O/c1-21(12-16-18-13-19-22(16)2)17(24)20-14-7-6-10-23(11-14)15-8-4-3-5-9-15/h13-15H,3-12H2,1-2H3,(H,20,24)/t14-/m1/s1. The fraction of sp³-hybridized carbons (Fsp3) is 0.824. The molecule has 0 spiro atoms. The molecule has 1 aromatic rings. The monoisotopic (exact) mass is 334 g/mol. The van der Waals surface area contributed by atoms with Crippen LogP contribution in [0.3, 0.4) is 0 Å². The average Bonchev–Trinajstić information content (AvgIpc) is 3.00. The Labute approximate surface area is 144 Å². The number of nitrogens with one attached hydrogen (secondary N) is 1.